The van der Waals surface area contributed by atoms with Crippen molar-refractivity contribution in [2.45, 2.75) is 155 Å². The molecule has 0 radical (unpaired) electrons. The first-order valence-electron chi connectivity index (χ1n) is 17.9. The van der Waals surface area contributed by atoms with Crippen molar-refractivity contribution < 1.29 is 38.3 Å². The Morgan fingerprint density at radius 3 is 2.20 bits per heavy atom. The van der Waals surface area contributed by atoms with Gasteiger partial charge in [0.25, 0.3) is 0 Å². The van der Waals surface area contributed by atoms with Gasteiger partial charge in [0.2, 0.25) is 5.79 Å². The number of fused-ring (bicyclic) bond motifs is 2. The number of nitrogens with zero attached hydrogens (tertiary/aromatic N) is 1. The molecule has 11 heteroatoms. The number of unbranched alkanes of at least 4 members (excludes halogenated alkanes) is 2. The zero-order valence-corrected chi connectivity index (χ0v) is 30.1. The van der Waals surface area contributed by atoms with E-state index in [1.54, 1.807) is 4.90 Å². The molecule has 0 aromatic carbocycles. The first kappa shape index (κ1) is 37.2. The topological polar surface area (TPSA) is 117 Å². The van der Waals surface area contributed by atoms with E-state index in [-0.39, 0.29) is 18.5 Å². The average molecular weight is 654 g/mol. The largest absolute Gasteiger partial charge is 0.444 e. The Hall–Kier alpha value is -1.66. The molecule has 4 saturated heterocycles. The Morgan fingerprint density at radius 2 is 1.52 bits per heavy atom. The van der Waals surface area contributed by atoms with Gasteiger partial charge in [0, 0.05) is 32.0 Å². The second-order valence-corrected chi connectivity index (χ2v) is 16.3. The predicted octanol–water partition coefficient (Wildman–Crippen LogP) is 6.54. The van der Waals surface area contributed by atoms with Crippen molar-refractivity contribution in [1.82, 2.24) is 15.5 Å². The van der Waals surface area contributed by atoms with Crippen molar-refractivity contribution in [3.05, 3.63) is 0 Å². The van der Waals surface area contributed by atoms with Crippen molar-refractivity contribution >= 4 is 12.2 Å². The SMILES string of the molecule is C[C@H]1[C@@H](CCNCCCCN(CCCCNC(=O)OC(C)(C)C)C(=O)OC(C)(C)C)O[C@@H]2O[C@]3(C)CC[C@H]4[C@H](C)CC[C@@H]1[C@@]24OO3. The molecular formula is C35H63N3O8. The summed E-state index contributed by atoms with van der Waals surface area (Å²) in [6.07, 6.45) is 7.42. The molecule has 2 N–H and O–H groups in total. The van der Waals surface area contributed by atoms with Crippen molar-refractivity contribution in [3.63, 3.8) is 0 Å². The second kappa shape index (κ2) is 15.3. The molecule has 46 heavy (non-hydrogen) atoms. The highest BCUT2D eigenvalue weighted by molar-refractivity contribution is 5.68. The van der Waals surface area contributed by atoms with E-state index < -0.39 is 28.7 Å². The molecule has 0 aromatic heterocycles. The molecule has 1 aliphatic carbocycles. The third-order valence-electron chi connectivity index (χ3n) is 10.1. The Labute approximate surface area is 277 Å². The third-order valence-corrected chi connectivity index (χ3v) is 10.1. The van der Waals surface area contributed by atoms with Gasteiger partial charge in [-0.15, -0.1) is 0 Å². The minimum absolute atomic E-state index is 0.0983. The van der Waals surface area contributed by atoms with Crippen LogP contribution in [0.25, 0.3) is 0 Å². The van der Waals surface area contributed by atoms with Crippen molar-refractivity contribution in [1.29, 1.82) is 0 Å². The number of hydrogen-bond donors (Lipinski definition) is 2. The Bertz CT molecular complexity index is 1010. The van der Waals surface area contributed by atoms with E-state index in [1.807, 2.05) is 48.5 Å². The zero-order chi connectivity index (χ0) is 33.8. The van der Waals surface area contributed by atoms with Gasteiger partial charge in [0.05, 0.1) is 6.10 Å². The molecule has 11 nitrogen and oxygen atoms in total. The summed E-state index contributed by atoms with van der Waals surface area (Å²) in [5, 5.41) is 6.39. The highest BCUT2D eigenvalue weighted by Gasteiger charge is 2.69. The smallest absolute Gasteiger partial charge is 0.410 e. The molecule has 2 bridgehead atoms. The third kappa shape index (κ3) is 9.49. The van der Waals surface area contributed by atoms with Gasteiger partial charge in [-0.3, -0.25) is 0 Å². The van der Waals surface area contributed by atoms with Gasteiger partial charge >= 0.3 is 12.2 Å². The molecule has 2 amide bonds. The summed E-state index contributed by atoms with van der Waals surface area (Å²) in [6.45, 7) is 21.2. The van der Waals surface area contributed by atoms with Crippen LogP contribution in [0, 0.1) is 23.7 Å². The van der Waals surface area contributed by atoms with Gasteiger partial charge in [-0.25, -0.2) is 19.4 Å². The molecule has 1 spiro atoms. The van der Waals surface area contributed by atoms with Crippen LogP contribution in [0.5, 0.6) is 0 Å². The summed E-state index contributed by atoms with van der Waals surface area (Å²) in [4.78, 5) is 38.8. The first-order chi connectivity index (χ1) is 21.5. The number of carbonyl (C=O) groups is 2. The van der Waals surface area contributed by atoms with Gasteiger partial charge in [0.15, 0.2) is 11.9 Å². The summed E-state index contributed by atoms with van der Waals surface area (Å²) in [7, 11) is 0. The van der Waals surface area contributed by atoms with Gasteiger partial charge < -0.3 is 34.5 Å². The minimum Gasteiger partial charge on any atom is -0.444 e. The van der Waals surface area contributed by atoms with Crippen molar-refractivity contribution in [3.8, 4) is 0 Å². The molecule has 1 saturated carbocycles. The highest BCUT2D eigenvalue weighted by atomic mass is 17.3. The van der Waals surface area contributed by atoms with Crippen LogP contribution in [-0.4, -0.2) is 84.8 Å². The average Bonchev–Trinajstić information content (AvgIpc) is 3.17. The number of rotatable bonds is 13. The van der Waals surface area contributed by atoms with Crippen LogP contribution >= 0.6 is 0 Å². The Kier molecular flexibility index (Phi) is 12.3. The normalized spacial score (nSPS) is 33.9. The van der Waals surface area contributed by atoms with E-state index >= 15 is 0 Å². The molecule has 5 aliphatic rings. The van der Waals surface area contributed by atoms with Crippen LogP contribution in [0.4, 0.5) is 9.59 Å². The summed E-state index contributed by atoms with van der Waals surface area (Å²) < 4.78 is 24.2. The molecule has 0 unspecified atom stereocenters. The summed E-state index contributed by atoms with van der Waals surface area (Å²) in [5.74, 6) is 0.908. The maximum atomic E-state index is 12.9. The number of nitrogens with one attached hydrogen (secondary N) is 2. The number of carbonyl (C=O) groups excluding carboxylic acids is 2. The highest BCUT2D eigenvalue weighted by Crippen LogP contribution is 2.60. The van der Waals surface area contributed by atoms with Crippen LogP contribution in [-0.2, 0) is 28.7 Å². The van der Waals surface area contributed by atoms with E-state index in [1.165, 1.54) is 6.42 Å². The number of alkyl carbamates (subject to hydrolysis) is 1. The summed E-state index contributed by atoms with van der Waals surface area (Å²) >= 11 is 0. The quantitative estimate of drug-likeness (QED) is 0.169. The van der Waals surface area contributed by atoms with E-state index in [4.69, 9.17) is 28.7 Å². The molecule has 8 atom stereocenters. The Morgan fingerprint density at radius 1 is 0.848 bits per heavy atom. The Balaban J connectivity index is 1.18. The van der Waals surface area contributed by atoms with Gasteiger partial charge in [0.1, 0.15) is 11.2 Å². The zero-order valence-electron chi connectivity index (χ0n) is 30.1. The fourth-order valence-corrected chi connectivity index (χ4v) is 7.78. The number of ether oxygens (including phenoxy) is 4. The lowest BCUT2D eigenvalue weighted by Gasteiger charge is -2.60. The molecule has 4 heterocycles. The summed E-state index contributed by atoms with van der Waals surface area (Å²) in [6, 6.07) is 0. The van der Waals surface area contributed by atoms with Crippen LogP contribution in [0.3, 0.4) is 0 Å². The molecule has 0 aromatic rings. The van der Waals surface area contributed by atoms with Gasteiger partial charge in [-0.2, -0.15) is 0 Å². The lowest BCUT2D eigenvalue weighted by Crippen LogP contribution is -2.70. The van der Waals surface area contributed by atoms with E-state index in [0.29, 0.717) is 43.3 Å². The fraction of sp³-hybridized carbons (Fsp3) is 0.943. The molecule has 266 valence electrons. The number of amides is 2. The molecule has 5 rings (SSSR count). The van der Waals surface area contributed by atoms with Crippen LogP contribution < -0.4 is 10.6 Å². The van der Waals surface area contributed by atoms with Gasteiger partial charge in [-0.1, -0.05) is 13.8 Å². The maximum Gasteiger partial charge on any atom is 0.410 e. The van der Waals surface area contributed by atoms with Crippen LogP contribution in [0.1, 0.15) is 120 Å². The van der Waals surface area contributed by atoms with E-state index in [0.717, 1.165) is 64.5 Å². The fourth-order valence-electron chi connectivity index (χ4n) is 7.78. The molecule has 4 aliphatic heterocycles. The number of hydrogen-bond acceptors (Lipinski definition) is 9. The van der Waals surface area contributed by atoms with E-state index in [9.17, 15) is 9.59 Å². The van der Waals surface area contributed by atoms with Crippen LogP contribution in [0.15, 0.2) is 0 Å². The molecule has 5 fully saturated rings. The maximum absolute atomic E-state index is 12.9. The molecular weight excluding hydrogens is 590 g/mol. The first-order valence-corrected chi connectivity index (χ1v) is 17.9. The minimum atomic E-state index is -0.745. The standard InChI is InChI=1S/C35H63N3O8/c1-24-14-15-27-25(2)28(41-29-35(27)26(24)16-18-34(9,42-29)45-46-35)17-21-36-19-10-12-22-38(31(40)44-33(6,7)8)23-13-11-20-37-30(39)43-32(3,4)5/h24-29,36H,10-23H2,1-9H3,(H,37,39)/t24-,25-,26+,27+,28-,29-,34+,35-/m1/s1. The summed E-state index contributed by atoms with van der Waals surface area (Å²) in [5.41, 5.74) is -1.59. The lowest BCUT2D eigenvalue weighted by molar-refractivity contribution is -0.571. The van der Waals surface area contributed by atoms with Gasteiger partial charge in [-0.05, 0) is 131 Å². The van der Waals surface area contributed by atoms with Crippen molar-refractivity contribution in [2.75, 3.05) is 32.7 Å². The van der Waals surface area contributed by atoms with Crippen molar-refractivity contribution in [2.24, 2.45) is 23.7 Å². The predicted molar refractivity (Wildman–Crippen MR) is 175 cm³/mol. The van der Waals surface area contributed by atoms with Crippen LogP contribution in [0.2, 0.25) is 0 Å². The second-order valence-electron chi connectivity index (χ2n) is 16.3. The van der Waals surface area contributed by atoms with E-state index in [2.05, 4.69) is 24.5 Å². The monoisotopic (exact) mass is 653 g/mol. The lowest BCUT2D eigenvalue weighted by atomic mass is 9.57.